The normalized spacial score (nSPS) is 12.7. The first kappa shape index (κ1) is 12.1. The molecule has 0 saturated carbocycles. The zero-order valence-corrected chi connectivity index (χ0v) is 12.2. The Labute approximate surface area is 111 Å². The van der Waals surface area contributed by atoms with E-state index in [0.717, 1.165) is 10.2 Å². The van der Waals surface area contributed by atoms with Gasteiger partial charge in [-0.2, -0.15) is 0 Å². The van der Waals surface area contributed by atoms with Crippen LogP contribution in [0.1, 0.15) is 15.8 Å². The first-order valence-electron chi connectivity index (χ1n) is 4.79. The van der Waals surface area contributed by atoms with Crippen LogP contribution in [-0.2, 0) is 0 Å². The smallest absolute Gasteiger partial charge is 0.129 e. The molecule has 1 unspecified atom stereocenters. The maximum absolute atomic E-state index is 5.21. The largest absolute Gasteiger partial charge is 0.496 e. The number of hydrogen-bond acceptors (Lipinski definition) is 4. The van der Waals surface area contributed by atoms with Crippen molar-refractivity contribution in [2.75, 3.05) is 14.2 Å². The number of rotatable bonds is 4. The van der Waals surface area contributed by atoms with Crippen molar-refractivity contribution in [1.82, 2.24) is 5.32 Å². The minimum Gasteiger partial charge on any atom is -0.496 e. The van der Waals surface area contributed by atoms with Crippen LogP contribution < -0.4 is 10.1 Å². The van der Waals surface area contributed by atoms with E-state index < -0.39 is 0 Å². The van der Waals surface area contributed by atoms with Crippen molar-refractivity contribution in [2.24, 2.45) is 0 Å². The molecule has 0 radical (unpaired) electrons. The summed E-state index contributed by atoms with van der Waals surface area (Å²) in [4.78, 5) is 2.56. The van der Waals surface area contributed by atoms with E-state index in [-0.39, 0.29) is 6.04 Å². The van der Waals surface area contributed by atoms with Crippen molar-refractivity contribution < 1.29 is 4.74 Å². The number of nitrogens with one attached hydrogen (secondary N) is 1. The van der Waals surface area contributed by atoms with Gasteiger partial charge in [0.05, 0.1) is 13.2 Å². The van der Waals surface area contributed by atoms with Crippen LogP contribution in [0.2, 0.25) is 0 Å². The van der Waals surface area contributed by atoms with E-state index in [1.807, 2.05) is 12.4 Å². The summed E-state index contributed by atoms with van der Waals surface area (Å²) in [6.07, 6.45) is 0. The highest BCUT2D eigenvalue weighted by Crippen LogP contribution is 2.36. The van der Waals surface area contributed by atoms with Crippen LogP contribution in [0.15, 0.2) is 27.4 Å². The highest BCUT2D eigenvalue weighted by molar-refractivity contribution is 9.10. The van der Waals surface area contributed by atoms with Gasteiger partial charge >= 0.3 is 0 Å². The van der Waals surface area contributed by atoms with Crippen molar-refractivity contribution in [3.8, 4) is 5.75 Å². The third kappa shape index (κ3) is 2.32. The number of hydrogen-bond donors (Lipinski definition) is 1. The minimum absolute atomic E-state index is 0.239. The fourth-order valence-corrected chi connectivity index (χ4v) is 4.28. The van der Waals surface area contributed by atoms with Gasteiger partial charge in [0, 0.05) is 19.6 Å². The first-order chi connectivity index (χ1) is 7.76. The number of methoxy groups -OCH3 is 1. The second kappa shape index (κ2) is 5.31. The van der Waals surface area contributed by atoms with E-state index in [4.69, 9.17) is 4.74 Å². The standard InChI is InChI=1S/C11H12BrNOS2/c1-13-10(11-8(12)3-4-15-11)9-5-7(14-2)6-16-9/h3-6,10,13H,1-2H3. The van der Waals surface area contributed by atoms with E-state index in [9.17, 15) is 0 Å². The number of ether oxygens (including phenoxy) is 1. The van der Waals surface area contributed by atoms with Gasteiger partial charge in [-0.15, -0.1) is 22.7 Å². The van der Waals surface area contributed by atoms with Gasteiger partial charge in [-0.3, -0.25) is 0 Å². The molecule has 16 heavy (non-hydrogen) atoms. The second-order valence-electron chi connectivity index (χ2n) is 3.24. The Balaban J connectivity index is 2.32. The number of thiophene rings is 2. The average Bonchev–Trinajstić information content (AvgIpc) is 2.90. The Hall–Kier alpha value is -0.360. The van der Waals surface area contributed by atoms with E-state index in [2.05, 4.69) is 38.8 Å². The Kier molecular flexibility index (Phi) is 4.02. The van der Waals surface area contributed by atoms with E-state index in [1.165, 1.54) is 9.75 Å². The fraction of sp³-hybridized carbons (Fsp3) is 0.273. The van der Waals surface area contributed by atoms with Gasteiger partial charge in [-0.05, 0) is 40.5 Å². The maximum atomic E-state index is 5.21. The molecule has 0 aliphatic carbocycles. The lowest BCUT2D eigenvalue weighted by atomic mass is 10.2. The molecule has 0 saturated heterocycles. The predicted molar refractivity (Wildman–Crippen MR) is 73.8 cm³/mol. The molecule has 5 heteroatoms. The molecule has 86 valence electrons. The third-order valence-corrected chi connectivity index (χ3v) is 5.22. The molecule has 2 rings (SSSR count). The van der Waals surface area contributed by atoms with Crippen molar-refractivity contribution in [3.05, 3.63) is 37.1 Å². The molecule has 1 atom stereocenters. The molecule has 2 nitrogen and oxygen atoms in total. The van der Waals surface area contributed by atoms with Crippen LogP contribution in [0.25, 0.3) is 0 Å². The van der Waals surface area contributed by atoms with Gasteiger partial charge in [-0.1, -0.05) is 0 Å². The number of halogens is 1. The van der Waals surface area contributed by atoms with Crippen molar-refractivity contribution in [3.63, 3.8) is 0 Å². The van der Waals surface area contributed by atoms with Gasteiger partial charge in [0.1, 0.15) is 5.75 Å². The van der Waals surface area contributed by atoms with Gasteiger partial charge in [0.15, 0.2) is 0 Å². The molecular formula is C11H12BrNOS2. The van der Waals surface area contributed by atoms with Crippen LogP contribution >= 0.6 is 38.6 Å². The summed E-state index contributed by atoms with van der Waals surface area (Å²) in [6.45, 7) is 0. The quantitative estimate of drug-likeness (QED) is 0.923. The first-order valence-corrected chi connectivity index (χ1v) is 7.34. The Morgan fingerprint density at radius 2 is 2.25 bits per heavy atom. The van der Waals surface area contributed by atoms with Gasteiger partial charge in [-0.25, -0.2) is 0 Å². The van der Waals surface area contributed by atoms with E-state index >= 15 is 0 Å². The zero-order valence-electron chi connectivity index (χ0n) is 8.99. The lowest BCUT2D eigenvalue weighted by Gasteiger charge is -2.13. The third-order valence-electron chi connectivity index (χ3n) is 2.31. The molecule has 1 N–H and O–H groups in total. The van der Waals surface area contributed by atoms with Crippen LogP contribution in [0.5, 0.6) is 5.75 Å². The lowest BCUT2D eigenvalue weighted by molar-refractivity contribution is 0.416. The van der Waals surface area contributed by atoms with E-state index in [1.54, 1.807) is 29.8 Å². The molecule has 0 fully saturated rings. The molecule has 2 heterocycles. The molecule has 0 amide bonds. The molecule has 0 bridgehead atoms. The molecule has 0 aromatic carbocycles. The van der Waals surface area contributed by atoms with Crippen LogP contribution in [-0.4, -0.2) is 14.2 Å². The molecule has 0 spiro atoms. The molecule has 2 aromatic rings. The second-order valence-corrected chi connectivity index (χ2v) is 5.99. The molecule has 0 aliphatic rings. The fourth-order valence-electron chi connectivity index (χ4n) is 1.51. The van der Waals surface area contributed by atoms with Crippen LogP contribution in [0, 0.1) is 0 Å². The summed E-state index contributed by atoms with van der Waals surface area (Å²) < 4.78 is 6.37. The molecule has 0 aliphatic heterocycles. The Bertz CT molecular complexity index is 466. The maximum Gasteiger partial charge on any atom is 0.129 e. The summed E-state index contributed by atoms with van der Waals surface area (Å²) in [5, 5.41) is 7.46. The highest BCUT2D eigenvalue weighted by atomic mass is 79.9. The van der Waals surface area contributed by atoms with E-state index in [0.29, 0.717) is 0 Å². The van der Waals surface area contributed by atoms with Crippen LogP contribution in [0.4, 0.5) is 0 Å². The Morgan fingerprint density at radius 1 is 1.44 bits per heavy atom. The SMILES string of the molecule is CNC(c1cc(OC)cs1)c1sccc1Br. The van der Waals surface area contributed by atoms with Crippen LogP contribution in [0.3, 0.4) is 0 Å². The van der Waals surface area contributed by atoms with Crippen molar-refractivity contribution >= 4 is 38.6 Å². The lowest BCUT2D eigenvalue weighted by Crippen LogP contribution is -2.15. The summed E-state index contributed by atoms with van der Waals surface area (Å²) in [7, 11) is 3.67. The van der Waals surface area contributed by atoms with Crippen molar-refractivity contribution in [2.45, 2.75) is 6.04 Å². The highest BCUT2D eigenvalue weighted by Gasteiger charge is 2.18. The topological polar surface area (TPSA) is 21.3 Å². The summed E-state index contributed by atoms with van der Waals surface area (Å²) >= 11 is 7.04. The minimum atomic E-state index is 0.239. The summed E-state index contributed by atoms with van der Waals surface area (Å²) in [5.41, 5.74) is 0. The summed E-state index contributed by atoms with van der Waals surface area (Å²) in [6, 6.07) is 4.40. The monoisotopic (exact) mass is 317 g/mol. The predicted octanol–water partition coefficient (Wildman–Crippen LogP) is 3.89. The summed E-state index contributed by atoms with van der Waals surface area (Å²) in [5.74, 6) is 0.924. The van der Waals surface area contributed by atoms with Gasteiger partial charge in [0.25, 0.3) is 0 Å². The molecular weight excluding hydrogens is 306 g/mol. The molecule has 2 aromatic heterocycles. The zero-order chi connectivity index (χ0) is 11.5. The average molecular weight is 318 g/mol. The van der Waals surface area contributed by atoms with Gasteiger partial charge in [0.2, 0.25) is 0 Å². The van der Waals surface area contributed by atoms with Gasteiger partial charge < -0.3 is 10.1 Å². The Morgan fingerprint density at radius 3 is 2.75 bits per heavy atom. The van der Waals surface area contributed by atoms with Crippen molar-refractivity contribution in [1.29, 1.82) is 0 Å².